The summed E-state index contributed by atoms with van der Waals surface area (Å²) in [6.07, 6.45) is 10.6. The number of ether oxygens (including phenoxy) is 2. The zero-order valence-electron chi connectivity index (χ0n) is 23.2. The number of hydrogen-bond acceptors (Lipinski definition) is 4. The van der Waals surface area contributed by atoms with Crippen LogP contribution in [0.25, 0.3) is 11.1 Å². The minimum atomic E-state index is -1.48. The lowest BCUT2D eigenvalue weighted by Crippen LogP contribution is -2.29. The smallest absolute Gasteiger partial charge is 0.340 e. The molecule has 0 saturated heterocycles. The summed E-state index contributed by atoms with van der Waals surface area (Å²) in [4.78, 5) is 11.9. The molecule has 1 aliphatic rings. The summed E-state index contributed by atoms with van der Waals surface area (Å²) in [6, 6.07) is 16.7. The second-order valence-electron chi connectivity index (χ2n) is 10.7. The van der Waals surface area contributed by atoms with E-state index in [2.05, 4.69) is 37.3 Å². The maximum atomic E-state index is 13.9. The molecule has 1 aliphatic carbocycles. The number of alkyl halides is 1. The molecule has 0 amide bonds. The van der Waals surface area contributed by atoms with Gasteiger partial charge in [-0.25, -0.2) is 9.18 Å². The predicted molar refractivity (Wildman–Crippen MR) is 151 cm³/mol. The van der Waals surface area contributed by atoms with E-state index in [1.165, 1.54) is 18.4 Å². The van der Waals surface area contributed by atoms with Crippen LogP contribution in [0.2, 0.25) is 0 Å². The number of benzene rings is 2. The van der Waals surface area contributed by atoms with Crippen LogP contribution in [-0.2, 0) is 16.0 Å². The van der Waals surface area contributed by atoms with Crippen LogP contribution in [0.15, 0.2) is 42.5 Å². The Morgan fingerprint density at radius 3 is 2.37 bits per heavy atom. The van der Waals surface area contributed by atoms with Gasteiger partial charge in [-0.05, 0) is 86.1 Å². The number of nitrogens with zero attached hydrogens (tertiary/aromatic N) is 1. The SMILES string of the molecule is CCCCCCOc1ccc(-c2ccc(CCC3CCC(OC(=O)[C@@H](F)CCCC)CC3)cc2)cc1C#N. The van der Waals surface area contributed by atoms with Crippen molar-refractivity contribution in [1.82, 2.24) is 0 Å². The lowest BCUT2D eigenvalue weighted by molar-refractivity contribution is -0.157. The van der Waals surface area contributed by atoms with Crippen molar-refractivity contribution in [1.29, 1.82) is 5.26 Å². The lowest BCUT2D eigenvalue weighted by Gasteiger charge is -2.28. The van der Waals surface area contributed by atoms with Crippen LogP contribution in [0.4, 0.5) is 4.39 Å². The molecule has 1 fully saturated rings. The Morgan fingerprint density at radius 1 is 0.974 bits per heavy atom. The molecule has 1 atom stereocenters. The van der Waals surface area contributed by atoms with E-state index in [0.717, 1.165) is 68.9 Å². The summed E-state index contributed by atoms with van der Waals surface area (Å²) in [7, 11) is 0. The number of halogens is 1. The summed E-state index contributed by atoms with van der Waals surface area (Å²) in [6.45, 7) is 4.82. The minimum absolute atomic E-state index is 0.131. The third-order valence-electron chi connectivity index (χ3n) is 7.63. The van der Waals surface area contributed by atoms with Crippen molar-refractivity contribution in [2.24, 2.45) is 5.92 Å². The van der Waals surface area contributed by atoms with Crippen molar-refractivity contribution in [3.05, 3.63) is 53.6 Å². The van der Waals surface area contributed by atoms with Gasteiger partial charge in [-0.3, -0.25) is 0 Å². The lowest BCUT2D eigenvalue weighted by atomic mass is 9.83. The van der Waals surface area contributed by atoms with Gasteiger partial charge in [0.25, 0.3) is 0 Å². The van der Waals surface area contributed by atoms with Gasteiger partial charge in [0.1, 0.15) is 17.9 Å². The average molecular weight is 522 g/mol. The maximum absolute atomic E-state index is 13.9. The quantitative estimate of drug-likeness (QED) is 0.174. The molecular formula is C33H44FNO3. The standard InChI is InChI=1S/C33H44FNO3/c1-3-5-7-8-22-37-32-21-18-28(23-29(32)24-35)27-16-12-25(13-17-27)10-11-26-14-19-30(20-15-26)38-33(36)31(34)9-6-4-2/h12-13,16-18,21,23,26,30-31H,3-11,14-15,19-20,22H2,1-2H3/t26?,30?,31-/m0/s1. The van der Waals surface area contributed by atoms with Gasteiger partial charge in [-0.15, -0.1) is 0 Å². The highest BCUT2D eigenvalue weighted by atomic mass is 19.1. The summed E-state index contributed by atoms with van der Waals surface area (Å²) < 4.78 is 25.2. The van der Waals surface area contributed by atoms with Crippen LogP contribution in [-0.4, -0.2) is 24.9 Å². The van der Waals surface area contributed by atoms with E-state index >= 15 is 0 Å². The highest BCUT2D eigenvalue weighted by Crippen LogP contribution is 2.31. The number of aryl methyl sites for hydroxylation is 1. The summed E-state index contributed by atoms with van der Waals surface area (Å²) in [5.74, 6) is 0.599. The largest absolute Gasteiger partial charge is 0.492 e. The molecule has 4 nitrogen and oxygen atoms in total. The molecule has 0 radical (unpaired) electrons. The van der Waals surface area contributed by atoms with Gasteiger partial charge in [-0.2, -0.15) is 5.26 Å². The first kappa shape index (κ1) is 29.7. The molecule has 0 unspecified atom stereocenters. The Kier molecular flexibility index (Phi) is 12.6. The number of unbranched alkanes of at least 4 members (excludes halogenated alkanes) is 4. The van der Waals surface area contributed by atoms with Crippen molar-refractivity contribution >= 4 is 5.97 Å². The monoisotopic (exact) mass is 521 g/mol. The van der Waals surface area contributed by atoms with Crippen molar-refractivity contribution in [2.45, 2.75) is 110 Å². The molecule has 206 valence electrons. The fourth-order valence-electron chi connectivity index (χ4n) is 5.15. The van der Waals surface area contributed by atoms with Crippen LogP contribution >= 0.6 is 0 Å². The molecule has 5 heteroatoms. The summed E-state index contributed by atoms with van der Waals surface area (Å²) in [5.41, 5.74) is 3.98. The highest BCUT2D eigenvalue weighted by molar-refractivity contribution is 5.74. The van der Waals surface area contributed by atoms with E-state index in [1.807, 2.05) is 25.1 Å². The van der Waals surface area contributed by atoms with Crippen LogP contribution < -0.4 is 4.74 Å². The molecule has 3 rings (SSSR count). The molecule has 0 spiro atoms. The Bertz CT molecular complexity index is 1020. The highest BCUT2D eigenvalue weighted by Gasteiger charge is 2.27. The molecule has 0 N–H and O–H groups in total. The van der Waals surface area contributed by atoms with E-state index in [4.69, 9.17) is 9.47 Å². The second kappa shape index (κ2) is 16.2. The van der Waals surface area contributed by atoms with Gasteiger partial charge in [0.05, 0.1) is 12.2 Å². The molecule has 38 heavy (non-hydrogen) atoms. The van der Waals surface area contributed by atoms with Crippen molar-refractivity contribution in [3.8, 4) is 22.9 Å². The number of hydrogen-bond donors (Lipinski definition) is 0. The molecular weight excluding hydrogens is 477 g/mol. The fraction of sp³-hybridized carbons (Fsp3) is 0.576. The summed E-state index contributed by atoms with van der Waals surface area (Å²) in [5, 5.41) is 9.61. The number of carbonyl (C=O) groups is 1. The van der Waals surface area contributed by atoms with Crippen molar-refractivity contribution < 1.29 is 18.7 Å². The van der Waals surface area contributed by atoms with E-state index in [9.17, 15) is 14.4 Å². The normalized spacial score (nSPS) is 17.9. The third-order valence-corrected chi connectivity index (χ3v) is 7.63. The van der Waals surface area contributed by atoms with E-state index in [0.29, 0.717) is 30.3 Å². The number of carbonyl (C=O) groups excluding carboxylic acids is 1. The fourth-order valence-corrected chi connectivity index (χ4v) is 5.15. The molecule has 0 aliphatic heterocycles. The molecule has 0 aromatic heterocycles. The minimum Gasteiger partial charge on any atom is -0.492 e. The average Bonchev–Trinajstić information content (AvgIpc) is 2.95. The van der Waals surface area contributed by atoms with Gasteiger partial charge in [-0.1, -0.05) is 76.3 Å². The molecule has 2 aromatic rings. The Morgan fingerprint density at radius 2 is 1.68 bits per heavy atom. The first-order chi connectivity index (χ1) is 18.5. The summed E-state index contributed by atoms with van der Waals surface area (Å²) >= 11 is 0. The molecule has 1 saturated carbocycles. The number of rotatable bonds is 15. The van der Waals surface area contributed by atoms with Crippen LogP contribution in [0.3, 0.4) is 0 Å². The third kappa shape index (κ3) is 9.46. The van der Waals surface area contributed by atoms with E-state index in [1.54, 1.807) is 0 Å². The van der Waals surface area contributed by atoms with Gasteiger partial charge >= 0.3 is 5.97 Å². The number of esters is 1. The maximum Gasteiger partial charge on any atom is 0.340 e. The van der Waals surface area contributed by atoms with Gasteiger partial charge in [0.2, 0.25) is 0 Å². The predicted octanol–water partition coefficient (Wildman–Crippen LogP) is 8.75. The van der Waals surface area contributed by atoms with E-state index in [-0.39, 0.29) is 12.5 Å². The Hall–Kier alpha value is -2.87. The van der Waals surface area contributed by atoms with Crippen molar-refractivity contribution in [2.75, 3.05) is 6.61 Å². The van der Waals surface area contributed by atoms with Crippen LogP contribution in [0, 0.1) is 17.2 Å². The van der Waals surface area contributed by atoms with Crippen molar-refractivity contribution in [3.63, 3.8) is 0 Å². The topological polar surface area (TPSA) is 59.3 Å². The van der Waals surface area contributed by atoms with Gasteiger partial charge in [0.15, 0.2) is 6.17 Å². The van der Waals surface area contributed by atoms with E-state index < -0.39 is 12.1 Å². The first-order valence-corrected chi connectivity index (χ1v) is 14.6. The second-order valence-corrected chi connectivity index (χ2v) is 10.7. The molecule has 2 aromatic carbocycles. The van der Waals surface area contributed by atoms with Gasteiger partial charge < -0.3 is 9.47 Å². The molecule has 0 heterocycles. The Labute approximate surface area is 228 Å². The molecule has 0 bridgehead atoms. The number of nitriles is 1. The Balaban J connectivity index is 1.43. The zero-order valence-corrected chi connectivity index (χ0v) is 23.2. The first-order valence-electron chi connectivity index (χ1n) is 14.6. The van der Waals surface area contributed by atoms with Crippen LogP contribution in [0.1, 0.15) is 102 Å². The van der Waals surface area contributed by atoms with Crippen LogP contribution in [0.5, 0.6) is 5.75 Å². The van der Waals surface area contributed by atoms with Gasteiger partial charge in [0, 0.05) is 0 Å². The zero-order chi connectivity index (χ0) is 27.2.